The van der Waals surface area contributed by atoms with Crippen LogP contribution in [0.2, 0.25) is 0 Å². The first-order valence-electron chi connectivity index (χ1n) is 6.75. The summed E-state index contributed by atoms with van der Waals surface area (Å²) in [6, 6.07) is 0. The van der Waals surface area contributed by atoms with E-state index < -0.39 is 17.5 Å². The number of hydrogen-bond acceptors (Lipinski definition) is 4. The number of carbonyl (C=O) groups is 3. The van der Waals surface area contributed by atoms with Crippen molar-refractivity contribution in [3.05, 3.63) is 0 Å². The van der Waals surface area contributed by atoms with Crippen LogP contribution in [0.25, 0.3) is 0 Å². The molecule has 0 aliphatic rings. The molecule has 0 amide bonds. The molecule has 0 aromatic carbocycles. The molecule has 0 fully saturated rings. The molecule has 0 unspecified atom stereocenters. The van der Waals surface area contributed by atoms with Gasteiger partial charge in [0.1, 0.15) is 5.60 Å². The molecule has 20 heavy (non-hydrogen) atoms. The Hall–Kier alpha value is -1.59. The van der Waals surface area contributed by atoms with Crippen LogP contribution in [0.3, 0.4) is 0 Å². The maximum Gasteiger partial charge on any atom is 0.306 e. The minimum absolute atomic E-state index is 0.0153. The van der Waals surface area contributed by atoms with Gasteiger partial charge in [-0.05, 0) is 46.0 Å². The standard InChI is InChI=1S/C14H24O6/c1-14(2,3)20-13(19)9-6-10(4-7-11(15)16)5-8-12(17)18/h10H,4-9H2,1-3H3,(H,15,16)(H,17,18). The van der Waals surface area contributed by atoms with Crippen LogP contribution >= 0.6 is 0 Å². The van der Waals surface area contributed by atoms with Gasteiger partial charge in [0.15, 0.2) is 0 Å². The molecule has 0 spiro atoms. The van der Waals surface area contributed by atoms with E-state index in [1.54, 1.807) is 20.8 Å². The minimum atomic E-state index is -0.914. The van der Waals surface area contributed by atoms with Crippen LogP contribution in [0.15, 0.2) is 0 Å². The number of esters is 1. The molecule has 0 rings (SSSR count). The Balaban J connectivity index is 4.22. The Kier molecular flexibility index (Phi) is 7.87. The van der Waals surface area contributed by atoms with Crippen LogP contribution < -0.4 is 0 Å². The van der Waals surface area contributed by atoms with Crippen molar-refractivity contribution in [2.75, 3.05) is 0 Å². The van der Waals surface area contributed by atoms with Crippen LogP contribution in [-0.4, -0.2) is 33.7 Å². The second-order valence-corrected chi connectivity index (χ2v) is 5.86. The van der Waals surface area contributed by atoms with Crippen LogP contribution in [0.4, 0.5) is 0 Å². The zero-order chi connectivity index (χ0) is 15.8. The van der Waals surface area contributed by atoms with E-state index in [2.05, 4.69) is 0 Å². The van der Waals surface area contributed by atoms with Gasteiger partial charge in [0.25, 0.3) is 0 Å². The first kappa shape index (κ1) is 18.4. The highest BCUT2D eigenvalue weighted by atomic mass is 16.6. The summed E-state index contributed by atoms with van der Waals surface area (Å²) in [5.74, 6) is -2.26. The van der Waals surface area contributed by atoms with Gasteiger partial charge in [-0.1, -0.05) is 0 Å². The lowest BCUT2D eigenvalue weighted by Crippen LogP contribution is -2.24. The molecule has 116 valence electrons. The number of rotatable bonds is 9. The molecule has 0 atom stereocenters. The Bertz CT molecular complexity index is 324. The maximum absolute atomic E-state index is 11.6. The second kappa shape index (κ2) is 8.55. The molecule has 0 aliphatic heterocycles. The van der Waals surface area contributed by atoms with Crippen molar-refractivity contribution in [1.82, 2.24) is 0 Å². The highest BCUT2D eigenvalue weighted by Gasteiger charge is 2.19. The highest BCUT2D eigenvalue weighted by molar-refractivity contribution is 5.70. The smallest absolute Gasteiger partial charge is 0.306 e. The van der Waals surface area contributed by atoms with Crippen LogP contribution in [0.5, 0.6) is 0 Å². The van der Waals surface area contributed by atoms with E-state index in [0.717, 1.165) is 0 Å². The number of carbonyl (C=O) groups excluding carboxylic acids is 1. The lowest BCUT2D eigenvalue weighted by atomic mass is 9.92. The van der Waals surface area contributed by atoms with E-state index in [-0.39, 0.29) is 31.1 Å². The summed E-state index contributed by atoms with van der Waals surface area (Å²) in [6.45, 7) is 5.33. The van der Waals surface area contributed by atoms with Crippen molar-refractivity contribution in [1.29, 1.82) is 0 Å². The highest BCUT2D eigenvalue weighted by Crippen LogP contribution is 2.21. The average Bonchev–Trinajstić information content (AvgIpc) is 2.24. The van der Waals surface area contributed by atoms with Gasteiger partial charge >= 0.3 is 17.9 Å². The van der Waals surface area contributed by atoms with E-state index in [9.17, 15) is 14.4 Å². The molecule has 0 radical (unpaired) electrons. The third-order valence-electron chi connectivity index (χ3n) is 2.71. The third kappa shape index (κ3) is 11.5. The van der Waals surface area contributed by atoms with Crippen molar-refractivity contribution in [3.63, 3.8) is 0 Å². The number of carboxylic acid groups (broad SMARTS) is 2. The fourth-order valence-corrected chi connectivity index (χ4v) is 1.80. The Morgan fingerprint density at radius 2 is 1.30 bits per heavy atom. The average molecular weight is 288 g/mol. The number of aliphatic carboxylic acids is 2. The monoisotopic (exact) mass is 288 g/mol. The maximum atomic E-state index is 11.6. The van der Waals surface area contributed by atoms with Gasteiger partial charge in [0.2, 0.25) is 0 Å². The summed E-state index contributed by atoms with van der Waals surface area (Å²) in [6.07, 6.45) is 1.37. The molecule has 0 heterocycles. The minimum Gasteiger partial charge on any atom is -0.481 e. The van der Waals surface area contributed by atoms with Crippen molar-refractivity contribution in [3.8, 4) is 0 Å². The predicted molar refractivity (Wildman–Crippen MR) is 72.3 cm³/mol. The molecule has 0 saturated carbocycles. The molecule has 0 aromatic rings. The van der Waals surface area contributed by atoms with Crippen LogP contribution in [0, 0.1) is 5.92 Å². The summed E-state index contributed by atoms with van der Waals surface area (Å²) in [5, 5.41) is 17.3. The quantitative estimate of drug-likeness (QED) is 0.632. The van der Waals surface area contributed by atoms with Crippen molar-refractivity contribution in [2.45, 2.75) is 64.9 Å². The van der Waals surface area contributed by atoms with Gasteiger partial charge < -0.3 is 14.9 Å². The summed E-state index contributed by atoms with van der Waals surface area (Å²) in [5.41, 5.74) is -0.547. The van der Waals surface area contributed by atoms with Gasteiger partial charge in [0, 0.05) is 19.3 Å². The van der Waals surface area contributed by atoms with E-state index in [1.807, 2.05) is 0 Å². The van der Waals surface area contributed by atoms with Gasteiger partial charge in [-0.25, -0.2) is 0 Å². The third-order valence-corrected chi connectivity index (χ3v) is 2.71. The zero-order valence-corrected chi connectivity index (χ0v) is 12.3. The SMILES string of the molecule is CC(C)(C)OC(=O)CCC(CCC(=O)O)CCC(=O)O. The fraction of sp³-hybridized carbons (Fsp3) is 0.786. The molecular weight excluding hydrogens is 264 g/mol. The van der Waals surface area contributed by atoms with Crippen LogP contribution in [0.1, 0.15) is 59.3 Å². The van der Waals surface area contributed by atoms with Gasteiger partial charge in [-0.3, -0.25) is 14.4 Å². The molecule has 0 bridgehead atoms. The molecule has 0 aliphatic carbocycles. The summed E-state index contributed by atoms with van der Waals surface area (Å²) >= 11 is 0. The summed E-state index contributed by atoms with van der Waals surface area (Å²) in [4.78, 5) is 32.7. The Morgan fingerprint density at radius 1 is 0.900 bits per heavy atom. The normalized spacial score (nSPS) is 11.4. The predicted octanol–water partition coefficient (Wildman–Crippen LogP) is 2.45. The lowest BCUT2D eigenvalue weighted by molar-refractivity contribution is -0.155. The largest absolute Gasteiger partial charge is 0.481 e. The fourth-order valence-electron chi connectivity index (χ4n) is 1.80. The Morgan fingerprint density at radius 3 is 1.65 bits per heavy atom. The molecule has 0 aromatic heterocycles. The van der Waals surface area contributed by atoms with E-state index >= 15 is 0 Å². The summed E-state index contributed by atoms with van der Waals surface area (Å²) in [7, 11) is 0. The zero-order valence-electron chi connectivity index (χ0n) is 12.3. The molecular formula is C14H24O6. The van der Waals surface area contributed by atoms with Crippen molar-refractivity contribution < 1.29 is 29.3 Å². The topological polar surface area (TPSA) is 101 Å². The van der Waals surface area contributed by atoms with Gasteiger partial charge in [-0.15, -0.1) is 0 Å². The molecule has 6 heteroatoms. The van der Waals surface area contributed by atoms with Crippen molar-refractivity contribution in [2.24, 2.45) is 5.92 Å². The van der Waals surface area contributed by atoms with Crippen LogP contribution in [-0.2, 0) is 19.1 Å². The Labute approximate surface area is 119 Å². The number of ether oxygens (including phenoxy) is 1. The van der Waals surface area contributed by atoms with Crippen molar-refractivity contribution >= 4 is 17.9 Å². The first-order valence-corrected chi connectivity index (χ1v) is 6.75. The van der Waals surface area contributed by atoms with Gasteiger partial charge in [-0.2, -0.15) is 0 Å². The molecule has 0 saturated heterocycles. The van der Waals surface area contributed by atoms with E-state index in [0.29, 0.717) is 19.3 Å². The molecule has 2 N–H and O–H groups in total. The summed E-state index contributed by atoms with van der Waals surface area (Å²) < 4.78 is 5.17. The van der Waals surface area contributed by atoms with Gasteiger partial charge in [0.05, 0.1) is 0 Å². The lowest BCUT2D eigenvalue weighted by Gasteiger charge is -2.20. The first-order chi connectivity index (χ1) is 9.10. The molecule has 6 nitrogen and oxygen atoms in total. The second-order valence-electron chi connectivity index (χ2n) is 5.86. The van der Waals surface area contributed by atoms with E-state index in [1.165, 1.54) is 0 Å². The van der Waals surface area contributed by atoms with E-state index in [4.69, 9.17) is 14.9 Å². The number of hydrogen-bond donors (Lipinski definition) is 2. The number of carboxylic acids is 2.